The van der Waals surface area contributed by atoms with Gasteiger partial charge in [-0.25, -0.2) is 13.1 Å². The molecule has 4 nitrogen and oxygen atoms in total. The highest BCUT2D eigenvalue weighted by atomic mass is 32.2. The smallest absolute Gasteiger partial charge is 0.242 e. The van der Waals surface area contributed by atoms with E-state index < -0.39 is 10.0 Å². The summed E-state index contributed by atoms with van der Waals surface area (Å²) in [5, 5.41) is 4.92. The van der Waals surface area contributed by atoms with E-state index in [-0.39, 0.29) is 6.04 Å². The largest absolute Gasteiger partial charge is 0.315 e. The third-order valence-electron chi connectivity index (χ3n) is 3.29. The van der Waals surface area contributed by atoms with Crippen molar-refractivity contribution in [3.05, 3.63) is 15.8 Å². The first kappa shape index (κ1) is 14.0. The predicted octanol–water partition coefficient (Wildman–Crippen LogP) is 1.85. The molecular weight excluding hydrogens is 268 g/mol. The second kappa shape index (κ2) is 5.28. The van der Waals surface area contributed by atoms with Crippen LogP contribution >= 0.6 is 11.3 Å². The zero-order chi connectivity index (χ0) is 13.3. The van der Waals surface area contributed by atoms with Crippen molar-refractivity contribution >= 4 is 21.4 Å². The highest BCUT2D eigenvalue weighted by Gasteiger charge is 2.31. The van der Waals surface area contributed by atoms with Gasteiger partial charge in [0.1, 0.15) is 4.90 Å². The molecule has 6 heteroatoms. The summed E-state index contributed by atoms with van der Waals surface area (Å²) >= 11 is 1.50. The van der Waals surface area contributed by atoms with Gasteiger partial charge in [-0.3, -0.25) is 0 Å². The maximum Gasteiger partial charge on any atom is 0.242 e. The monoisotopic (exact) mass is 288 g/mol. The van der Waals surface area contributed by atoms with E-state index in [1.807, 2.05) is 19.4 Å². The molecule has 1 fully saturated rings. The average molecular weight is 288 g/mol. The summed E-state index contributed by atoms with van der Waals surface area (Å²) in [6.45, 7) is 4.59. The Kier molecular flexibility index (Phi) is 4.11. The molecule has 1 aliphatic carbocycles. The molecule has 2 rings (SSSR count). The van der Waals surface area contributed by atoms with Crippen LogP contribution in [0.25, 0.3) is 0 Å². The summed E-state index contributed by atoms with van der Waals surface area (Å²) in [7, 11) is -1.54. The van der Waals surface area contributed by atoms with Gasteiger partial charge in [0.05, 0.1) is 0 Å². The van der Waals surface area contributed by atoms with Gasteiger partial charge in [-0.2, -0.15) is 0 Å². The van der Waals surface area contributed by atoms with Crippen molar-refractivity contribution in [3.8, 4) is 0 Å². The zero-order valence-electron chi connectivity index (χ0n) is 11.0. The molecule has 1 saturated carbocycles. The number of sulfonamides is 1. The van der Waals surface area contributed by atoms with Gasteiger partial charge >= 0.3 is 0 Å². The Bertz CT molecular complexity index is 516. The molecule has 0 bridgehead atoms. The van der Waals surface area contributed by atoms with Crippen LogP contribution in [0.1, 0.15) is 30.2 Å². The van der Waals surface area contributed by atoms with E-state index in [0.29, 0.717) is 17.4 Å². The minimum atomic E-state index is -3.36. The second-order valence-electron chi connectivity index (χ2n) is 5.10. The number of aryl methyl sites for hydroxylation is 1. The number of rotatable bonds is 5. The van der Waals surface area contributed by atoms with Gasteiger partial charge in [0.25, 0.3) is 0 Å². The lowest BCUT2D eigenvalue weighted by molar-refractivity contribution is 0.270. The van der Waals surface area contributed by atoms with Gasteiger partial charge in [-0.15, -0.1) is 11.3 Å². The van der Waals surface area contributed by atoms with E-state index in [4.69, 9.17) is 0 Å². The van der Waals surface area contributed by atoms with Crippen LogP contribution in [0.15, 0.2) is 10.3 Å². The molecule has 1 aromatic rings. The third kappa shape index (κ3) is 2.77. The standard InChI is InChI=1S/C12H20N2O2S2/c1-8-4-10(5-8)14-18(15,16)12-9(2)7-17-11(12)6-13-3/h7-8,10,13-14H,4-6H2,1-3H3. The van der Waals surface area contributed by atoms with Crippen molar-refractivity contribution < 1.29 is 8.42 Å². The minimum absolute atomic E-state index is 0.117. The minimum Gasteiger partial charge on any atom is -0.315 e. The van der Waals surface area contributed by atoms with Gasteiger partial charge < -0.3 is 5.32 Å². The van der Waals surface area contributed by atoms with Crippen molar-refractivity contribution in [2.24, 2.45) is 5.92 Å². The number of thiophene rings is 1. The van der Waals surface area contributed by atoms with Gasteiger partial charge in [0.2, 0.25) is 10.0 Å². The summed E-state index contributed by atoms with van der Waals surface area (Å²) in [5.74, 6) is 0.637. The van der Waals surface area contributed by atoms with Crippen molar-refractivity contribution in [1.82, 2.24) is 10.0 Å². The number of hydrogen-bond acceptors (Lipinski definition) is 4. The first-order chi connectivity index (χ1) is 8.44. The molecule has 0 saturated heterocycles. The molecule has 2 N–H and O–H groups in total. The maximum absolute atomic E-state index is 12.4. The summed E-state index contributed by atoms with van der Waals surface area (Å²) < 4.78 is 27.6. The van der Waals surface area contributed by atoms with E-state index in [2.05, 4.69) is 17.0 Å². The molecule has 102 valence electrons. The van der Waals surface area contributed by atoms with Crippen molar-refractivity contribution in [1.29, 1.82) is 0 Å². The number of nitrogens with one attached hydrogen (secondary N) is 2. The summed E-state index contributed by atoms with van der Waals surface area (Å²) in [6.07, 6.45) is 1.90. The molecule has 0 aliphatic heterocycles. The van der Waals surface area contributed by atoms with Crippen LogP contribution in [0.5, 0.6) is 0 Å². The van der Waals surface area contributed by atoms with E-state index in [1.165, 1.54) is 11.3 Å². The quantitative estimate of drug-likeness (QED) is 0.869. The lowest BCUT2D eigenvalue weighted by Crippen LogP contribution is -2.43. The van der Waals surface area contributed by atoms with Crippen LogP contribution < -0.4 is 10.0 Å². The summed E-state index contributed by atoms with van der Waals surface area (Å²) in [5.41, 5.74) is 0.838. The maximum atomic E-state index is 12.4. The normalized spacial score (nSPS) is 23.9. The predicted molar refractivity (Wildman–Crippen MR) is 74.3 cm³/mol. The second-order valence-corrected chi connectivity index (χ2v) is 7.71. The molecular formula is C12H20N2O2S2. The van der Waals surface area contributed by atoms with Gasteiger partial charge in [0.15, 0.2) is 0 Å². The summed E-state index contributed by atoms with van der Waals surface area (Å²) in [6, 6.07) is 0.117. The molecule has 1 aromatic heterocycles. The molecule has 1 aliphatic rings. The Morgan fingerprint density at radius 3 is 2.67 bits per heavy atom. The first-order valence-corrected chi connectivity index (χ1v) is 8.54. The van der Waals surface area contributed by atoms with Crippen LogP contribution in [-0.2, 0) is 16.6 Å². The lowest BCUT2D eigenvalue weighted by Gasteiger charge is -2.33. The molecule has 0 spiro atoms. The van der Waals surface area contributed by atoms with Crippen LogP contribution in [0.4, 0.5) is 0 Å². The van der Waals surface area contributed by atoms with Gasteiger partial charge in [0, 0.05) is 17.5 Å². The van der Waals surface area contributed by atoms with E-state index >= 15 is 0 Å². The lowest BCUT2D eigenvalue weighted by atomic mass is 9.83. The fourth-order valence-corrected chi connectivity index (χ4v) is 5.49. The van der Waals surface area contributed by atoms with Crippen LogP contribution in [0.2, 0.25) is 0 Å². The molecule has 1 heterocycles. The van der Waals surface area contributed by atoms with E-state index in [0.717, 1.165) is 23.3 Å². The van der Waals surface area contributed by atoms with Crippen molar-refractivity contribution in [2.75, 3.05) is 7.05 Å². The highest BCUT2D eigenvalue weighted by molar-refractivity contribution is 7.89. The van der Waals surface area contributed by atoms with Crippen molar-refractivity contribution in [3.63, 3.8) is 0 Å². The van der Waals surface area contributed by atoms with Gasteiger partial charge in [-0.05, 0) is 43.7 Å². The van der Waals surface area contributed by atoms with Crippen LogP contribution in [-0.4, -0.2) is 21.5 Å². The Labute approximate surface area is 113 Å². The average Bonchev–Trinajstić information content (AvgIpc) is 2.58. The number of hydrogen-bond donors (Lipinski definition) is 2. The molecule has 0 amide bonds. The first-order valence-electron chi connectivity index (χ1n) is 6.18. The Morgan fingerprint density at radius 2 is 2.11 bits per heavy atom. The zero-order valence-corrected chi connectivity index (χ0v) is 12.6. The highest BCUT2D eigenvalue weighted by Crippen LogP contribution is 2.31. The molecule has 0 atom stereocenters. The van der Waals surface area contributed by atoms with E-state index in [9.17, 15) is 8.42 Å². The molecule has 0 aromatic carbocycles. The van der Waals surface area contributed by atoms with Crippen molar-refractivity contribution in [2.45, 2.75) is 44.2 Å². The fraction of sp³-hybridized carbons (Fsp3) is 0.667. The fourth-order valence-electron chi connectivity index (χ4n) is 2.41. The van der Waals surface area contributed by atoms with Gasteiger partial charge in [-0.1, -0.05) is 6.92 Å². The SMILES string of the molecule is CNCc1scc(C)c1S(=O)(=O)NC1CC(C)C1. The summed E-state index contributed by atoms with van der Waals surface area (Å²) in [4.78, 5) is 1.36. The molecule has 18 heavy (non-hydrogen) atoms. The molecule has 0 radical (unpaired) electrons. The van der Waals surface area contributed by atoms with Crippen LogP contribution in [0, 0.1) is 12.8 Å². The Morgan fingerprint density at radius 1 is 1.44 bits per heavy atom. The van der Waals surface area contributed by atoms with Crippen LogP contribution in [0.3, 0.4) is 0 Å². The Balaban J connectivity index is 2.20. The van der Waals surface area contributed by atoms with E-state index in [1.54, 1.807) is 0 Å². The third-order valence-corrected chi connectivity index (χ3v) is 6.27. The molecule has 0 unspecified atom stereocenters. The Hall–Kier alpha value is -0.430. The topological polar surface area (TPSA) is 58.2 Å².